The highest BCUT2D eigenvalue weighted by molar-refractivity contribution is 7.85. The third-order valence-electron chi connectivity index (χ3n) is 2.00. The Balaban J connectivity index is 2.26. The van der Waals surface area contributed by atoms with Gasteiger partial charge in [0, 0.05) is 11.8 Å². The van der Waals surface area contributed by atoms with E-state index in [1.165, 1.54) is 0 Å². The Morgan fingerprint density at radius 2 is 2.14 bits per heavy atom. The summed E-state index contributed by atoms with van der Waals surface area (Å²) in [5.74, 6) is -0.266. The zero-order valence-electron chi connectivity index (χ0n) is 8.09. The van der Waals surface area contributed by atoms with Crippen molar-refractivity contribution < 1.29 is 17.7 Å². The summed E-state index contributed by atoms with van der Waals surface area (Å²) in [6.45, 7) is 0.735. The molecule has 1 aromatic rings. The highest BCUT2D eigenvalue weighted by Gasteiger charge is 2.01. The maximum Gasteiger partial charge on any atom is 0.195 e. The van der Waals surface area contributed by atoms with Crippen LogP contribution in [0.25, 0.3) is 0 Å². The fraction of sp³-hybridized carbons (Fsp3) is 0.625. The molecule has 0 N–H and O–H groups in total. The van der Waals surface area contributed by atoms with Gasteiger partial charge in [-0.15, -0.1) is 4.68 Å². The molecular formula is C8H14N2O3S. The van der Waals surface area contributed by atoms with E-state index in [2.05, 4.69) is 0 Å². The Labute approximate surface area is 83.7 Å². The van der Waals surface area contributed by atoms with Crippen molar-refractivity contribution in [3.63, 3.8) is 0 Å². The van der Waals surface area contributed by atoms with Crippen LogP contribution in [0.3, 0.4) is 0 Å². The Morgan fingerprint density at radius 1 is 1.43 bits per heavy atom. The molecule has 1 heterocycles. The largest absolute Gasteiger partial charge is 0.748 e. The first kappa shape index (κ1) is 11.2. The minimum atomic E-state index is -4.04. The maximum absolute atomic E-state index is 10.3. The molecule has 0 radical (unpaired) electrons. The lowest BCUT2D eigenvalue weighted by molar-refractivity contribution is -0.753. The van der Waals surface area contributed by atoms with Crippen LogP contribution in [0.15, 0.2) is 18.5 Å². The van der Waals surface area contributed by atoms with Crippen LogP contribution in [0.4, 0.5) is 0 Å². The summed E-state index contributed by atoms with van der Waals surface area (Å²) in [7, 11) is -2.13. The van der Waals surface area contributed by atoms with Crippen molar-refractivity contribution >= 4 is 10.1 Å². The summed E-state index contributed by atoms with van der Waals surface area (Å²) in [5, 5.41) is 0. The SMILES string of the molecule is C[n+]1cccn1CCCCS(=O)(=O)[O-]. The molecule has 0 fully saturated rings. The van der Waals surface area contributed by atoms with Crippen LogP contribution >= 0.6 is 0 Å². The van der Waals surface area contributed by atoms with Crippen LogP contribution in [0, 0.1) is 0 Å². The van der Waals surface area contributed by atoms with Gasteiger partial charge >= 0.3 is 0 Å². The minimum absolute atomic E-state index is 0.266. The van der Waals surface area contributed by atoms with Crippen molar-refractivity contribution in [1.82, 2.24) is 4.68 Å². The van der Waals surface area contributed by atoms with E-state index in [-0.39, 0.29) is 5.75 Å². The molecule has 1 rings (SSSR count). The number of unbranched alkanes of at least 4 members (excludes halogenated alkanes) is 1. The van der Waals surface area contributed by atoms with Crippen LogP contribution in [0.2, 0.25) is 0 Å². The van der Waals surface area contributed by atoms with Gasteiger partial charge in [0.1, 0.15) is 0 Å². The van der Waals surface area contributed by atoms with Crippen molar-refractivity contribution in [2.45, 2.75) is 19.4 Å². The van der Waals surface area contributed by atoms with Crippen molar-refractivity contribution in [3.05, 3.63) is 18.5 Å². The van der Waals surface area contributed by atoms with Gasteiger partial charge < -0.3 is 4.55 Å². The zero-order valence-corrected chi connectivity index (χ0v) is 8.90. The number of nitrogens with zero attached hydrogens (tertiary/aromatic N) is 2. The van der Waals surface area contributed by atoms with E-state index in [1.807, 2.05) is 34.9 Å². The Bertz CT molecular complexity index is 383. The van der Waals surface area contributed by atoms with E-state index in [9.17, 15) is 13.0 Å². The van der Waals surface area contributed by atoms with Crippen LogP contribution < -0.4 is 4.68 Å². The highest BCUT2D eigenvalue weighted by atomic mass is 32.2. The van der Waals surface area contributed by atoms with E-state index in [0.29, 0.717) is 12.8 Å². The predicted octanol–water partition coefficient (Wildman–Crippen LogP) is -0.362. The number of hydrogen-bond donors (Lipinski definition) is 0. The molecule has 0 saturated carbocycles. The molecule has 0 aliphatic carbocycles. The molecule has 5 nitrogen and oxygen atoms in total. The standard InChI is InChI=1S/C8H14N2O3S/c1-9-5-4-7-10(9)6-2-3-8-14(11,12)13/h4-5,7H,2-3,6,8H2,1H3. The summed E-state index contributed by atoms with van der Waals surface area (Å²) in [6.07, 6.45) is 4.93. The molecule has 0 unspecified atom stereocenters. The van der Waals surface area contributed by atoms with E-state index >= 15 is 0 Å². The summed E-state index contributed by atoms with van der Waals surface area (Å²) in [4.78, 5) is 0. The molecule has 0 aromatic carbocycles. The van der Waals surface area contributed by atoms with Crippen molar-refractivity contribution in [2.24, 2.45) is 7.05 Å². The first-order chi connectivity index (χ1) is 6.49. The van der Waals surface area contributed by atoms with Crippen molar-refractivity contribution in [1.29, 1.82) is 0 Å². The first-order valence-corrected chi connectivity index (χ1v) is 6.01. The van der Waals surface area contributed by atoms with Gasteiger partial charge in [-0.25, -0.2) is 8.42 Å². The number of hydrogen-bond acceptors (Lipinski definition) is 3. The monoisotopic (exact) mass is 218 g/mol. The van der Waals surface area contributed by atoms with E-state index < -0.39 is 10.1 Å². The third-order valence-corrected chi connectivity index (χ3v) is 2.79. The summed E-state index contributed by atoms with van der Waals surface area (Å²) in [6, 6.07) is 1.91. The summed E-state index contributed by atoms with van der Waals surface area (Å²) >= 11 is 0. The number of aryl methyl sites for hydroxylation is 2. The fourth-order valence-electron chi connectivity index (χ4n) is 1.24. The van der Waals surface area contributed by atoms with Gasteiger partial charge in [-0.2, -0.15) is 4.68 Å². The quantitative estimate of drug-likeness (QED) is 0.385. The molecule has 14 heavy (non-hydrogen) atoms. The molecule has 0 aliphatic rings. The Kier molecular flexibility index (Phi) is 3.65. The molecule has 0 amide bonds. The molecule has 0 spiro atoms. The average Bonchev–Trinajstić information content (AvgIpc) is 2.44. The Morgan fingerprint density at radius 3 is 2.64 bits per heavy atom. The molecule has 80 valence electrons. The van der Waals surface area contributed by atoms with E-state index in [1.54, 1.807) is 0 Å². The predicted molar refractivity (Wildman–Crippen MR) is 49.4 cm³/mol. The first-order valence-electron chi connectivity index (χ1n) is 4.44. The highest BCUT2D eigenvalue weighted by Crippen LogP contribution is 1.96. The molecule has 0 aliphatic heterocycles. The normalized spacial score (nSPS) is 11.9. The van der Waals surface area contributed by atoms with Gasteiger partial charge in [-0.05, 0) is 12.8 Å². The smallest absolute Gasteiger partial charge is 0.195 e. The van der Waals surface area contributed by atoms with Crippen LogP contribution in [-0.2, 0) is 23.7 Å². The van der Waals surface area contributed by atoms with Crippen molar-refractivity contribution in [2.75, 3.05) is 5.75 Å². The molecule has 0 bridgehead atoms. The fourth-order valence-corrected chi connectivity index (χ4v) is 1.80. The van der Waals surface area contributed by atoms with E-state index in [4.69, 9.17) is 0 Å². The van der Waals surface area contributed by atoms with Gasteiger partial charge in [0.05, 0.1) is 22.9 Å². The molecule has 0 saturated heterocycles. The minimum Gasteiger partial charge on any atom is -0.748 e. The van der Waals surface area contributed by atoms with Gasteiger partial charge in [0.15, 0.2) is 13.2 Å². The lowest BCUT2D eigenvalue weighted by Gasteiger charge is -2.05. The lowest BCUT2D eigenvalue weighted by Crippen LogP contribution is -2.37. The van der Waals surface area contributed by atoms with Gasteiger partial charge in [-0.3, -0.25) is 0 Å². The molecular weight excluding hydrogens is 204 g/mol. The topological polar surface area (TPSA) is 66.0 Å². The number of aromatic nitrogens is 2. The van der Waals surface area contributed by atoms with Gasteiger partial charge in [-0.1, -0.05) is 0 Å². The second kappa shape index (κ2) is 4.56. The van der Waals surface area contributed by atoms with Gasteiger partial charge in [0.25, 0.3) is 0 Å². The number of rotatable bonds is 5. The van der Waals surface area contributed by atoms with Crippen LogP contribution in [-0.4, -0.2) is 23.4 Å². The third kappa shape index (κ3) is 3.89. The van der Waals surface area contributed by atoms with Gasteiger partial charge in [0.2, 0.25) is 0 Å². The average molecular weight is 218 g/mol. The van der Waals surface area contributed by atoms with Crippen LogP contribution in [0.1, 0.15) is 12.8 Å². The van der Waals surface area contributed by atoms with Crippen LogP contribution in [0.5, 0.6) is 0 Å². The Hall–Kier alpha value is -0.880. The van der Waals surface area contributed by atoms with Crippen molar-refractivity contribution in [3.8, 4) is 0 Å². The zero-order chi connectivity index (χ0) is 10.6. The molecule has 1 aromatic heterocycles. The second-order valence-electron chi connectivity index (χ2n) is 3.20. The summed E-state index contributed by atoms with van der Waals surface area (Å²) < 4.78 is 34.7. The molecule has 0 atom stereocenters. The van der Waals surface area contributed by atoms with E-state index in [0.717, 1.165) is 6.54 Å². The summed E-state index contributed by atoms with van der Waals surface area (Å²) in [5.41, 5.74) is 0. The lowest BCUT2D eigenvalue weighted by atomic mass is 10.3. The maximum atomic E-state index is 10.3. The second-order valence-corrected chi connectivity index (χ2v) is 4.72. The molecule has 6 heteroatoms.